The maximum absolute atomic E-state index is 11.6. The smallest absolute Gasteiger partial charge is 0.331 e. The number of rotatable bonds is 1. The van der Waals surface area contributed by atoms with Gasteiger partial charge in [0.15, 0.2) is 6.04 Å². The standard InChI is InChI=1S/C10H9NO3/c1-11-8(10(13)14)6-4-2-3-5-7(6)9(11)12/h2-5,8H,1H3,(H,13,14)/t8-/m1/s1. The monoisotopic (exact) mass is 191 g/mol. The lowest BCUT2D eigenvalue weighted by molar-refractivity contribution is -0.141. The first-order chi connectivity index (χ1) is 6.63. The van der Waals surface area contributed by atoms with E-state index < -0.39 is 12.0 Å². The van der Waals surface area contributed by atoms with Crippen LogP contribution in [0.4, 0.5) is 0 Å². The summed E-state index contributed by atoms with van der Waals surface area (Å²) >= 11 is 0. The Morgan fingerprint density at radius 3 is 2.71 bits per heavy atom. The van der Waals surface area contributed by atoms with Crippen LogP contribution in [0.5, 0.6) is 0 Å². The van der Waals surface area contributed by atoms with Gasteiger partial charge in [0.2, 0.25) is 0 Å². The van der Waals surface area contributed by atoms with E-state index in [1.54, 1.807) is 24.3 Å². The first kappa shape index (κ1) is 8.74. The van der Waals surface area contributed by atoms with E-state index in [-0.39, 0.29) is 5.91 Å². The number of likely N-dealkylation sites (N-methyl/N-ethyl adjacent to an activating group) is 1. The van der Waals surface area contributed by atoms with Crippen LogP contribution < -0.4 is 0 Å². The Labute approximate surface area is 80.8 Å². The lowest BCUT2D eigenvalue weighted by atomic mass is 10.1. The summed E-state index contributed by atoms with van der Waals surface area (Å²) in [5, 5.41) is 8.95. The van der Waals surface area contributed by atoms with Gasteiger partial charge in [-0.2, -0.15) is 0 Å². The van der Waals surface area contributed by atoms with Crippen molar-refractivity contribution >= 4 is 11.9 Å². The fourth-order valence-electron chi connectivity index (χ4n) is 1.74. The summed E-state index contributed by atoms with van der Waals surface area (Å²) in [6.07, 6.45) is 0. The zero-order chi connectivity index (χ0) is 10.3. The molecule has 72 valence electrons. The Hall–Kier alpha value is -1.84. The molecule has 1 aromatic carbocycles. The lowest BCUT2D eigenvalue weighted by Crippen LogP contribution is -2.28. The summed E-state index contributed by atoms with van der Waals surface area (Å²) in [5.74, 6) is -1.22. The third-order valence-corrected chi connectivity index (χ3v) is 2.43. The second kappa shape index (κ2) is 2.83. The van der Waals surface area contributed by atoms with Crippen molar-refractivity contribution in [3.05, 3.63) is 35.4 Å². The van der Waals surface area contributed by atoms with Crippen molar-refractivity contribution in [3.63, 3.8) is 0 Å². The molecular weight excluding hydrogens is 182 g/mol. The van der Waals surface area contributed by atoms with Crippen LogP contribution in [0.2, 0.25) is 0 Å². The van der Waals surface area contributed by atoms with E-state index in [9.17, 15) is 9.59 Å². The Bertz CT molecular complexity index is 414. The van der Waals surface area contributed by atoms with Gasteiger partial charge in [0.25, 0.3) is 5.91 Å². The summed E-state index contributed by atoms with van der Waals surface area (Å²) in [6.45, 7) is 0. The van der Waals surface area contributed by atoms with E-state index >= 15 is 0 Å². The molecule has 0 bridgehead atoms. The SMILES string of the molecule is CN1C(=O)c2ccccc2[C@@H]1C(=O)O. The van der Waals surface area contributed by atoms with Gasteiger partial charge in [0.05, 0.1) is 0 Å². The normalized spacial score (nSPS) is 19.6. The number of amides is 1. The van der Waals surface area contributed by atoms with Crippen molar-refractivity contribution in [3.8, 4) is 0 Å². The number of hydrogen-bond acceptors (Lipinski definition) is 2. The molecule has 4 heteroatoms. The van der Waals surface area contributed by atoms with Crippen molar-refractivity contribution in [2.24, 2.45) is 0 Å². The van der Waals surface area contributed by atoms with Crippen LogP contribution in [0.15, 0.2) is 24.3 Å². The summed E-state index contributed by atoms with van der Waals surface area (Å²) in [6, 6.07) is 5.96. The van der Waals surface area contributed by atoms with Crippen LogP contribution in [0.3, 0.4) is 0 Å². The molecule has 0 fully saturated rings. The second-order valence-electron chi connectivity index (χ2n) is 3.24. The van der Waals surface area contributed by atoms with Gasteiger partial charge in [-0.25, -0.2) is 4.79 Å². The fraction of sp³-hybridized carbons (Fsp3) is 0.200. The average Bonchev–Trinajstić information content (AvgIpc) is 2.41. The van der Waals surface area contributed by atoms with Gasteiger partial charge >= 0.3 is 5.97 Å². The lowest BCUT2D eigenvalue weighted by Gasteiger charge is -2.15. The number of fused-ring (bicyclic) bond motifs is 1. The molecule has 1 aliphatic heterocycles. The zero-order valence-electron chi connectivity index (χ0n) is 7.60. The van der Waals surface area contributed by atoms with E-state index in [0.717, 1.165) is 0 Å². The molecule has 0 saturated carbocycles. The van der Waals surface area contributed by atoms with Crippen LogP contribution >= 0.6 is 0 Å². The van der Waals surface area contributed by atoms with E-state index in [1.807, 2.05) is 0 Å². The number of hydrogen-bond donors (Lipinski definition) is 1. The maximum Gasteiger partial charge on any atom is 0.331 e. The molecule has 0 radical (unpaired) electrons. The number of carboxylic acids is 1. The number of carbonyl (C=O) groups is 2. The van der Waals surface area contributed by atoms with Crippen molar-refractivity contribution in [2.45, 2.75) is 6.04 Å². The first-order valence-corrected chi connectivity index (χ1v) is 4.22. The van der Waals surface area contributed by atoms with Crippen LogP contribution in [0, 0.1) is 0 Å². The molecule has 1 amide bonds. The average molecular weight is 191 g/mol. The largest absolute Gasteiger partial charge is 0.479 e. The van der Waals surface area contributed by atoms with E-state index in [1.165, 1.54) is 11.9 Å². The highest BCUT2D eigenvalue weighted by Gasteiger charge is 2.38. The molecule has 1 aromatic rings. The van der Waals surface area contributed by atoms with Gasteiger partial charge in [-0.05, 0) is 11.6 Å². The quantitative estimate of drug-likeness (QED) is 0.717. The minimum absolute atomic E-state index is 0.229. The molecule has 2 rings (SSSR count). The molecule has 0 spiro atoms. The maximum atomic E-state index is 11.6. The fourth-order valence-corrected chi connectivity index (χ4v) is 1.74. The van der Waals surface area contributed by atoms with E-state index in [2.05, 4.69) is 0 Å². The van der Waals surface area contributed by atoms with Gasteiger partial charge in [-0.3, -0.25) is 4.79 Å². The Morgan fingerprint density at radius 1 is 1.43 bits per heavy atom. The molecule has 0 saturated heterocycles. The minimum atomic E-state index is -0.995. The Morgan fingerprint density at radius 2 is 2.07 bits per heavy atom. The molecule has 4 nitrogen and oxygen atoms in total. The van der Waals surface area contributed by atoms with Gasteiger partial charge < -0.3 is 10.0 Å². The minimum Gasteiger partial charge on any atom is -0.479 e. The van der Waals surface area contributed by atoms with Crippen LogP contribution in [0.25, 0.3) is 0 Å². The molecule has 1 aliphatic rings. The number of nitrogens with zero attached hydrogens (tertiary/aromatic N) is 1. The van der Waals surface area contributed by atoms with Gasteiger partial charge in [-0.1, -0.05) is 18.2 Å². The number of carboxylic acid groups (broad SMARTS) is 1. The molecule has 0 unspecified atom stereocenters. The Kier molecular flexibility index (Phi) is 1.77. The topological polar surface area (TPSA) is 57.6 Å². The number of carbonyl (C=O) groups excluding carboxylic acids is 1. The Balaban J connectivity index is 2.59. The zero-order valence-corrected chi connectivity index (χ0v) is 7.60. The molecular formula is C10H9NO3. The van der Waals surface area contributed by atoms with E-state index in [0.29, 0.717) is 11.1 Å². The van der Waals surface area contributed by atoms with Gasteiger partial charge in [0.1, 0.15) is 0 Å². The summed E-state index contributed by atoms with van der Waals surface area (Å²) in [4.78, 5) is 23.7. The highest BCUT2D eigenvalue weighted by atomic mass is 16.4. The van der Waals surface area contributed by atoms with Crippen molar-refractivity contribution in [1.29, 1.82) is 0 Å². The van der Waals surface area contributed by atoms with Gasteiger partial charge in [-0.15, -0.1) is 0 Å². The molecule has 1 N–H and O–H groups in total. The second-order valence-corrected chi connectivity index (χ2v) is 3.24. The molecule has 0 aliphatic carbocycles. The highest BCUT2D eigenvalue weighted by molar-refractivity contribution is 6.03. The molecule has 1 atom stereocenters. The van der Waals surface area contributed by atoms with E-state index in [4.69, 9.17) is 5.11 Å². The van der Waals surface area contributed by atoms with Crippen molar-refractivity contribution in [1.82, 2.24) is 4.90 Å². The predicted octanol–water partition coefficient (Wildman–Crippen LogP) is 0.898. The van der Waals surface area contributed by atoms with Crippen LogP contribution in [-0.2, 0) is 4.79 Å². The highest BCUT2D eigenvalue weighted by Crippen LogP contribution is 2.31. The number of benzene rings is 1. The third-order valence-electron chi connectivity index (χ3n) is 2.43. The van der Waals surface area contributed by atoms with Gasteiger partial charge in [0, 0.05) is 12.6 Å². The molecule has 0 aromatic heterocycles. The molecule has 14 heavy (non-hydrogen) atoms. The third kappa shape index (κ3) is 1.00. The summed E-state index contributed by atoms with van der Waals surface area (Å²) < 4.78 is 0. The van der Waals surface area contributed by atoms with Crippen molar-refractivity contribution < 1.29 is 14.7 Å². The predicted molar refractivity (Wildman–Crippen MR) is 48.9 cm³/mol. The molecule has 1 heterocycles. The summed E-state index contributed by atoms with van der Waals surface area (Å²) in [5.41, 5.74) is 1.06. The van der Waals surface area contributed by atoms with Crippen LogP contribution in [0.1, 0.15) is 22.0 Å². The van der Waals surface area contributed by atoms with Crippen LogP contribution in [-0.4, -0.2) is 28.9 Å². The number of aliphatic carboxylic acids is 1. The van der Waals surface area contributed by atoms with Crippen molar-refractivity contribution in [2.75, 3.05) is 7.05 Å². The first-order valence-electron chi connectivity index (χ1n) is 4.22. The summed E-state index contributed by atoms with van der Waals surface area (Å²) in [7, 11) is 1.50.